The number of aliphatic hydroxyl groups is 1. The fourth-order valence-corrected chi connectivity index (χ4v) is 2.03. The van der Waals surface area contributed by atoms with Gasteiger partial charge in [0, 0.05) is 38.4 Å². The van der Waals surface area contributed by atoms with Crippen molar-refractivity contribution in [3.05, 3.63) is 29.8 Å². The number of benzene rings is 1. The van der Waals surface area contributed by atoms with Gasteiger partial charge < -0.3 is 14.9 Å². The number of nitrogens with zero attached hydrogens (tertiary/aromatic N) is 2. The van der Waals surface area contributed by atoms with Crippen molar-refractivity contribution in [1.29, 1.82) is 0 Å². The Balaban J connectivity index is 2.16. The highest BCUT2D eigenvalue weighted by atomic mass is 16.3. The minimum Gasteiger partial charge on any atom is -0.391 e. The Morgan fingerprint density at radius 2 is 2.24 bits per heavy atom. The van der Waals surface area contributed by atoms with E-state index in [1.807, 2.05) is 43.3 Å². The highest BCUT2D eigenvalue weighted by molar-refractivity contribution is 5.95. The van der Waals surface area contributed by atoms with Gasteiger partial charge in [-0.3, -0.25) is 4.79 Å². The fourth-order valence-electron chi connectivity index (χ4n) is 2.03. The molecule has 0 aliphatic carbocycles. The molecule has 0 spiro atoms. The van der Waals surface area contributed by atoms with Gasteiger partial charge in [0.15, 0.2) is 0 Å². The van der Waals surface area contributed by atoms with Crippen LogP contribution in [0.2, 0.25) is 0 Å². The predicted molar refractivity (Wildman–Crippen MR) is 67.3 cm³/mol. The third-order valence-electron chi connectivity index (χ3n) is 3.06. The second-order valence-corrected chi connectivity index (χ2v) is 4.64. The molecule has 0 saturated carbocycles. The summed E-state index contributed by atoms with van der Waals surface area (Å²) < 4.78 is 0. The molecule has 1 atom stereocenters. The van der Waals surface area contributed by atoms with Crippen LogP contribution in [-0.4, -0.2) is 49.2 Å². The van der Waals surface area contributed by atoms with E-state index in [0.717, 1.165) is 5.69 Å². The van der Waals surface area contributed by atoms with Crippen LogP contribution in [0, 0.1) is 0 Å². The van der Waals surface area contributed by atoms with Gasteiger partial charge in [-0.2, -0.15) is 0 Å². The van der Waals surface area contributed by atoms with Crippen LogP contribution < -0.4 is 4.90 Å². The summed E-state index contributed by atoms with van der Waals surface area (Å²) in [7, 11) is 3.90. The minimum atomic E-state index is -0.365. The molecule has 2 rings (SSSR count). The lowest BCUT2D eigenvalue weighted by Gasteiger charge is -2.17. The Kier molecular flexibility index (Phi) is 3.33. The van der Waals surface area contributed by atoms with E-state index in [1.54, 1.807) is 4.90 Å². The maximum absolute atomic E-state index is 12.2. The van der Waals surface area contributed by atoms with Crippen LogP contribution in [0.1, 0.15) is 16.8 Å². The SMILES string of the molecule is CN(C)c1cccc(C(=O)N2CCC(O)C2)c1. The van der Waals surface area contributed by atoms with Crippen LogP contribution in [0.4, 0.5) is 5.69 Å². The van der Waals surface area contributed by atoms with E-state index in [9.17, 15) is 9.90 Å². The number of hydrogen-bond acceptors (Lipinski definition) is 3. The van der Waals surface area contributed by atoms with Crippen molar-refractivity contribution >= 4 is 11.6 Å². The summed E-state index contributed by atoms with van der Waals surface area (Å²) in [5.74, 6) is 0.00486. The van der Waals surface area contributed by atoms with Crippen molar-refractivity contribution < 1.29 is 9.90 Å². The first-order valence-electron chi connectivity index (χ1n) is 5.82. The number of β-amino-alcohol motifs (C(OH)–C–C–N with tert-alkyl or cyclic N) is 1. The summed E-state index contributed by atoms with van der Waals surface area (Å²) in [6.07, 6.45) is 0.315. The molecule has 1 N–H and O–H groups in total. The van der Waals surface area contributed by atoms with Crippen molar-refractivity contribution in [1.82, 2.24) is 4.90 Å². The maximum Gasteiger partial charge on any atom is 0.254 e. The summed E-state index contributed by atoms with van der Waals surface area (Å²) in [6, 6.07) is 7.55. The molecular weight excluding hydrogens is 216 g/mol. The van der Waals surface area contributed by atoms with Crippen molar-refractivity contribution in [3.63, 3.8) is 0 Å². The number of likely N-dealkylation sites (tertiary alicyclic amines) is 1. The molecule has 1 heterocycles. The van der Waals surface area contributed by atoms with Gasteiger partial charge in [0.2, 0.25) is 0 Å². The standard InChI is InChI=1S/C13H18N2O2/c1-14(2)11-5-3-4-10(8-11)13(17)15-7-6-12(16)9-15/h3-5,8,12,16H,6-7,9H2,1-2H3. The first-order valence-corrected chi connectivity index (χ1v) is 5.82. The molecule has 1 saturated heterocycles. The molecule has 1 unspecified atom stereocenters. The summed E-state index contributed by atoms with van der Waals surface area (Å²) in [5.41, 5.74) is 1.70. The third kappa shape index (κ3) is 2.58. The molecule has 4 heteroatoms. The second-order valence-electron chi connectivity index (χ2n) is 4.64. The van der Waals surface area contributed by atoms with E-state index >= 15 is 0 Å². The Bertz CT molecular complexity index is 418. The van der Waals surface area contributed by atoms with Crippen LogP contribution >= 0.6 is 0 Å². The quantitative estimate of drug-likeness (QED) is 0.829. The molecular formula is C13H18N2O2. The first-order chi connectivity index (χ1) is 8.08. The van der Waals surface area contributed by atoms with Crippen LogP contribution in [0.25, 0.3) is 0 Å². The van der Waals surface area contributed by atoms with Gasteiger partial charge in [0.25, 0.3) is 5.91 Å². The van der Waals surface area contributed by atoms with E-state index in [0.29, 0.717) is 25.1 Å². The van der Waals surface area contributed by atoms with E-state index < -0.39 is 0 Å². The molecule has 0 radical (unpaired) electrons. The van der Waals surface area contributed by atoms with Gasteiger partial charge in [0.05, 0.1) is 6.10 Å². The molecule has 4 nitrogen and oxygen atoms in total. The number of carbonyl (C=O) groups is 1. The number of hydrogen-bond donors (Lipinski definition) is 1. The number of rotatable bonds is 2. The van der Waals surface area contributed by atoms with Crippen LogP contribution in [0.3, 0.4) is 0 Å². The van der Waals surface area contributed by atoms with Gasteiger partial charge >= 0.3 is 0 Å². The summed E-state index contributed by atoms with van der Waals surface area (Å²) in [4.78, 5) is 15.8. The molecule has 1 aliphatic heterocycles. The molecule has 1 aliphatic rings. The zero-order valence-electron chi connectivity index (χ0n) is 10.3. The normalized spacial score (nSPS) is 19.5. The highest BCUT2D eigenvalue weighted by Gasteiger charge is 2.25. The van der Waals surface area contributed by atoms with Gasteiger partial charge in [-0.1, -0.05) is 6.07 Å². The smallest absolute Gasteiger partial charge is 0.254 e. The van der Waals surface area contributed by atoms with Gasteiger partial charge in [-0.25, -0.2) is 0 Å². The Morgan fingerprint density at radius 1 is 1.47 bits per heavy atom. The van der Waals surface area contributed by atoms with Crippen LogP contribution in [-0.2, 0) is 0 Å². The van der Waals surface area contributed by atoms with E-state index in [-0.39, 0.29) is 12.0 Å². The molecule has 0 aromatic heterocycles. The van der Waals surface area contributed by atoms with E-state index in [1.165, 1.54) is 0 Å². The largest absolute Gasteiger partial charge is 0.391 e. The third-order valence-corrected chi connectivity index (χ3v) is 3.06. The van der Waals surface area contributed by atoms with Crippen molar-refractivity contribution in [2.24, 2.45) is 0 Å². The number of carbonyl (C=O) groups excluding carboxylic acids is 1. The van der Waals surface area contributed by atoms with E-state index in [2.05, 4.69) is 0 Å². The number of amides is 1. The first kappa shape index (κ1) is 11.9. The van der Waals surface area contributed by atoms with E-state index in [4.69, 9.17) is 0 Å². The summed E-state index contributed by atoms with van der Waals surface area (Å²) in [5, 5.41) is 9.44. The number of anilines is 1. The molecule has 1 amide bonds. The number of aliphatic hydroxyl groups excluding tert-OH is 1. The van der Waals surface area contributed by atoms with Gasteiger partial charge in [-0.05, 0) is 24.6 Å². The Labute approximate surface area is 101 Å². The van der Waals surface area contributed by atoms with Gasteiger partial charge in [0.1, 0.15) is 0 Å². The average Bonchev–Trinajstić information content (AvgIpc) is 2.75. The van der Waals surface area contributed by atoms with Crippen molar-refractivity contribution in [2.75, 3.05) is 32.1 Å². The lowest BCUT2D eigenvalue weighted by atomic mass is 10.1. The summed E-state index contributed by atoms with van der Waals surface area (Å²) in [6.45, 7) is 1.09. The molecule has 1 aromatic carbocycles. The van der Waals surface area contributed by atoms with Crippen LogP contribution in [0.15, 0.2) is 24.3 Å². The lowest BCUT2D eigenvalue weighted by Crippen LogP contribution is -2.29. The van der Waals surface area contributed by atoms with Crippen LogP contribution in [0.5, 0.6) is 0 Å². The maximum atomic E-state index is 12.2. The molecule has 92 valence electrons. The molecule has 17 heavy (non-hydrogen) atoms. The lowest BCUT2D eigenvalue weighted by molar-refractivity contribution is 0.0765. The fraction of sp³-hybridized carbons (Fsp3) is 0.462. The monoisotopic (exact) mass is 234 g/mol. The predicted octanol–water partition coefficient (Wildman–Crippen LogP) is 0.959. The van der Waals surface area contributed by atoms with Crippen molar-refractivity contribution in [3.8, 4) is 0 Å². The zero-order chi connectivity index (χ0) is 12.4. The molecule has 1 aromatic rings. The zero-order valence-corrected chi connectivity index (χ0v) is 10.3. The minimum absolute atomic E-state index is 0.00486. The van der Waals surface area contributed by atoms with Gasteiger partial charge in [-0.15, -0.1) is 0 Å². The molecule has 1 fully saturated rings. The Morgan fingerprint density at radius 3 is 2.82 bits per heavy atom. The summed E-state index contributed by atoms with van der Waals surface area (Å²) >= 11 is 0. The van der Waals surface area contributed by atoms with Crippen molar-refractivity contribution in [2.45, 2.75) is 12.5 Å². The average molecular weight is 234 g/mol. The molecule has 0 bridgehead atoms. The topological polar surface area (TPSA) is 43.8 Å². The highest BCUT2D eigenvalue weighted by Crippen LogP contribution is 2.17. The Hall–Kier alpha value is -1.55. The second kappa shape index (κ2) is 4.75.